The molecular weight excluding hydrogens is 444 g/mol. The third-order valence-electron chi connectivity index (χ3n) is 6.03. The average molecular weight is 467 g/mol. The van der Waals surface area contributed by atoms with Crippen molar-refractivity contribution in [3.8, 4) is 11.5 Å². The van der Waals surface area contributed by atoms with Gasteiger partial charge in [-0.05, 0) is 44.2 Å². The number of hydrogen-bond donors (Lipinski definition) is 1. The van der Waals surface area contributed by atoms with Gasteiger partial charge < -0.3 is 24.1 Å². The van der Waals surface area contributed by atoms with Gasteiger partial charge in [0.1, 0.15) is 17.0 Å². The average Bonchev–Trinajstić information content (AvgIpc) is 3.21. The molecule has 170 valence electrons. The molecule has 33 heavy (non-hydrogen) atoms. The van der Waals surface area contributed by atoms with Gasteiger partial charge in [0, 0.05) is 27.5 Å². The van der Waals surface area contributed by atoms with Crippen molar-refractivity contribution in [1.29, 1.82) is 0 Å². The fraction of sp³-hybridized carbons (Fsp3) is 0.292. The zero-order valence-electron chi connectivity index (χ0n) is 18.5. The quantitative estimate of drug-likeness (QED) is 0.584. The third kappa shape index (κ3) is 3.26. The summed E-state index contributed by atoms with van der Waals surface area (Å²) in [6.07, 6.45) is 0. The molecule has 0 saturated carbocycles. The summed E-state index contributed by atoms with van der Waals surface area (Å²) in [5, 5.41) is 3.32. The summed E-state index contributed by atoms with van der Waals surface area (Å²) in [6.45, 7) is 3.92. The Hall–Kier alpha value is -3.46. The highest BCUT2D eigenvalue weighted by atomic mass is 32.2. The number of methoxy groups -OCH3 is 2. The Morgan fingerprint density at radius 1 is 1.09 bits per heavy atom. The lowest BCUT2D eigenvalue weighted by Gasteiger charge is -2.29. The zero-order chi connectivity index (χ0) is 23.5. The summed E-state index contributed by atoms with van der Waals surface area (Å²) >= 11 is 1.57. The number of benzene rings is 2. The molecule has 2 unspecified atom stereocenters. The van der Waals surface area contributed by atoms with E-state index in [2.05, 4.69) is 5.32 Å². The van der Waals surface area contributed by atoms with Gasteiger partial charge in [-0.2, -0.15) is 0 Å². The van der Waals surface area contributed by atoms with E-state index in [0.29, 0.717) is 33.7 Å². The number of nitrogens with zero attached hydrogens (tertiary/aromatic N) is 1. The number of amides is 2. The molecule has 2 atom stereocenters. The van der Waals surface area contributed by atoms with E-state index in [1.165, 1.54) is 20.3 Å². The first-order chi connectivity index (χ1) is 15.7. The number of anilines is 1. The van der Waals surface area contributed by atoms with Crippen LogP contribution in [0.25, 0.3) is 11.0 Å². The highest BCUT2D eigenvalue weighted by molar-refractivity contribution is 8.01. The van der Waals surface area contributed by atoms with Crippen molar-refractivity contribution >= 4 is 40.2 Å². The van der Waals surface area contributed by atoms with Gasteiger partial charge in [0.25, 0.3) is 5.91 Å². The number of rotatable bonds is 4. The summed E-state index contributed by atoms with van der Waals surface area (Å²) in [5.41, 5.74) is 1.79. The maximum absolute atomic E-state index is 13.5. The smallest absolute Gasteiger partial charge is 0.336 e. The molecule has 2 aliphatic rings. The van der Waals surface area contributed by atoms with E-state index in [9.17, 15) is 14.4 Å². The lowest BCUT2D eigenvalue weighted by Crippen LogP contribution is -2.50. The molecule has 0 spiro atoms. The largest absolute Gasteiger partial charge is 0.493 e. The third-order valence-corrected chi connectivity index (χ3v) is 7.57. The van der Waals surface area contributed by atoms with Crippen molar-refractivity contribution in [2.75, 3.05) is 19.5 Å². The van der Waals surface area contributed by atoms with Gasteiger partial charge in [0.15, 0.2) is 11.5 Å². The Kier molecular flexibility index (Phi) is 4.89. The molecule has 3 aromatic rings. The predicted octanol–water partition coefficient (Wildman–Crippen LogP) is 3.80. The number of carbonyl (C=O) groups excluding carboxylic acids is 2. The second-order valence-corrected chi connectivity index (χ2v) is 10.2. The SMILES string of the molecule is COc1ccc2c(c1OC)C(=O)N1C2SC(C)(C)C1C(=O)Nc1ccc2oc(=O)ccc2c1. The Morgan fingerprint density at radius 2 is 1.88 bits per heavy atom. The normalized spacial score (nSPS) is 20.5. The molecule has 1 aromatic heterocycles. The number of ether oxygens (including phenoxy) is 2. The number of carbonyl (C=O) groups is 2. The monoisotopic (exact) mass is 466 g/mol. The van der Waals surface area contributed by atoms with E-state index < -0.39 is 16.4 Å². The fourth-order valence-corrected chi connectivity index (χ4v) is 6.20. The van der Waals surface area contributed by atoms with Gasteiger partial charge in [-0.1, -0.05) is 6.07 Å². The van der Waals surface area contributed by atoms with Crippen molar-refractivity contribution in [1.82, 2.24) is 4.90 Å². The Morgan fingerprint density at radius 3 is 2.61 bits per heavy atom. The summed E-state index contributed by atoms with van der Waals surface area (Å²) in [5.74, 6) is 0.296. The van der Waals surface area contributed by atoms with Gasteiger partial charge in [-0.3, -0.25) is 9.59 Å². The van der Waals surface area contributed by atoms with Gasteiger partial charge >= 0.3 is 5.63 Å². The van der Waals surface area contributed by atoms with Crippen molar-refractivity contribution in [2.24, 2.45) is 0 Å². The molecule has 1 saturated heterocycles. The van der Waals surface area contributed by atoms with Crippen molar-refractivity contribution in [2.45, 2.75) is 30.0 Å². The van der Waals surface area contributed by atoms with Crippen LogP contribution in [-0.2, 0) is 4.79 Å². The highest BCUT2D eigenvalue weighted by Gasteiger charge is 2.58. The number of hydrogen-bond acceptors (Lipinski definition) is 7. The fourth-order valence-electron chi connectivity index (χ4n) is 4.62. The first kappa shape index (κ1) is 21.4. The van der Waals surface area contributed by atoms with Crippen LogP contribution in [0.3, 0.4) is 0 Å². The van der Waals surface area contributed by atoms with Crippen LogP contribution in [0.2, 0.25) is 0 Å². The molecule has 0 aliphatic carbocycles. The molecule has 3 heterocycles. The summed E-state index contributed by atoms with van der Waals surface area (Å²) in [4.78, 5) is 40.1. The van der Waals surface area contributed by atoms with Gasteiger partial charge in [-0.25, -0.2) is 4.79 Å². The number of fused-ring (bicyclic) bond motifs is 4. The van der Waals surface area contributed by atoms with Gasteiger partial charge in [0.2, 0.25) is 5.91 Å². The van der Waals surface area contributed by atoms with E-state index in [4.69, 9.17) is 13.9 Å². The second kappa shape index (κ2) is 7.55. The first-order valence-corrected chi connectivity index (χ1v) is 11.2. The standard InChI is InChI=1S/C24H22N2O6S/c1-24(2)20(21(28)25-13-6-8-15-12(11-13)5-10-17(27)32-15)26-22(29)18-14(23(26)33-24)7-9-16(30-3)19(18)31-4/h5-11,20,23H,1-4H3,(H,25,28). The Labute approximate surface area is 193 Å². The molecule has 2 amide bonds. The minimum atomic E-state index is -0.715. The molecule has 9 heteroatoms. The lowest BCUT2D eigenvalue weighted by atomic mass is 10.0. The number of nitrogens with one attached hydrogen (secondary N) is 1. The van der Waals surface area contributed by atoms with Gasteiger partial charge in [0.05, 0.1) is 19.8 Å². The molecule has 5 rings (SSSR count). The Bertz CT molecular complexity index is 1360. The van der Waals surface area contributed by atoms with E-state index in [0.717, 1.165) is 5.56 Å². The van der Waals surface area contributed by atoms with Crippen molar-refractivity contribution in [3.63, 3.8) is 0 Å². The van der Waals surface area contributed by atoms with Crippen LogP contribution in [-0.4, -0.2) is 41.7 Å². The minimum Gasteiger partial charge on any atom is -0.493 e. The zero-order valence-corrected chi connectivity index (χ0v) is 19.3. The Balaban J connectivity index is 1.49. The summed E-state index contributed by atoms with van der Waals surface area (Å²) in [6, 6.07) is 10.9. The van der Waals surface area contributed by atoms with Gasteiger partial charge in [-0.15, -0.1) is 11.8 Å². The van der Waals surface area contributed by atoms with Crippen LogP contribution >= 0.6 is 11.8 Å². The van der Waals surface area contributed by atoms with Crippen LogP contribution in [0.5, 0.6) is 11.5 Å². The molecule has 8 nitrogen and oxygen atoms in total. The van der Waals surface area contributed by atoms with Crippen LogP contribution in [0.4, 0.5) is 5.69 Å². The molecule has 2 aromatic carbocycles. The minimum absolute atomic E-state index is 0.260. The van der Waals surface area contributed by atoms with Crippen LogP contribution in [0, 0.1) is 0 Å². The molecule has 2 aliphatic heterocycles. The molecule has 0 radical (unpaired) electrons. The van der Waals surface area contributed by atoms with Crippen LogP contribution < -0.4 is 20.4 Å². The lowest BCUT2D eigenvalue weighted by molar-refractivity contribution is -0.121. The molecule has 1 fully saturated rings. The topological polar surface area (TPSA) is 98.1 Å². The van der Waals surface area contributed by atoms with E-state index in [1.807, 2.05) is 19.9 Å². The van der Waals surface area contributed by atoms with Crippen molar-refractivity contribution < 1.29 is 23.5 Å². The van der Waals surface area contributed by atoms with E-state index >= 15 is 0 Å². The molecule has 0 bridgehead atoms. The van der Waals surface area contributed by atoms with Crippen LogP contribution in [0.1, 0.15) is 35.1 Å². The van der Waals surface area contributed by atoms with Crippen LogP contribution in [0.15, 0.2) is 51.7 Å². The van der Waals surface area contributed by atoms with E-state index in [1.54, 1.807) is 47.0 Å². The predicted molar refractivity (Wildman–Crippen MR) is 125 cm³/mol. The maximum atomic E-state index is 13.5. The highest BCUT2D eigenvalue weighted by Crippen LogP contribution is 2.58. The first-order valence-electron chi connectivity index (χ1n) is 10.4. The molecular formula is C24H22N2O6S. The summed E-state index contributed by atoms with van der Waals surface area (Å²) in [7, 11) is 3.02. The molecule has 1 N–H and O–H groups in total. The number of thioether (sulfide) groups is 1. The van der Waals surface area contributed by atoms with Crippen molar-refractivity contribution in [3.05, 3.63) is 64.0 Å². The second-order valence-electron chi connectivity index (χ2n) is 8.45. The van der Waals surface area contributed by atoms with E-state index in [-0.39, 0.29) is 17.2 Å². The summed E-state index contributed by atoms with van der Waals surface area (Å²) < 4.78 is 15.5. The maximum Gasteiger partial charge on any atom is 0.336 e.